The van der Waals surface area contributed by atoms with Gasteiger partial charge in [-0.1, -0.05) is 27.0 Å². The molecule has 2 heteroatoms. The van der Waals surface area contributed by atoms with Gasteiger partial charge in [0.15, 0.2) is 0 Å². The molecule has 0 fully saturated rings. The van der Waals surface area contributed by atoms with Crippen LogP contribution < -0.4 is 10.8 Å². The molecule has 0 aromatic carbocycles. The molecule has 0 aliphatic rings. The van der Waals surface area contributed by atoms with Crippen LogP contribution in [0.25, 0.3) is 0 Å². The third kappa shape index (κ3) is 2.60. The van der Waals surface area contributed by atoms with Gasteiger partial charge in [-0.3, -0.25) is 0 Å². The predicted octanol–water partition coefficient (Wildman–Crippen LogP) is -0.322. The minimum Gasteiger partial charge on any atom is -0.841 e. The van der Waals surface area contributed by atoms with E-state index in [1.165, 1.54) is 0 Å². The van der Waals surface area contributed by atoms with Gasteiger partial charge in [0.1, 0.15) is 0 Å². The highest BCUT2D eigenvalue weighted by atomic mass is 16.3. The van der Waals surface area contributed by atoms with E-state index in [-0.39, 0.29) is 5.41 Å². The van der Waals surface area contributed by atoms with E-state index in [2.05, 4.69) is 0 Å². The van der Waals surface area contributed by atoms with Crippen LogP contribution in [0.3, 0.4) is 0 Å². The van der Waals surface area contributed by atoms with Gasteiger partial charge in [-0.2, -0.15) is 0 Å². The molecule has 1 atom stereocenters. The van der Waals surface area contributed by atoms with E-state index in [9.17, 15) is 5.11 Å². The van der Waals surface area contributed by atoms with Gasteiger partial charge < -0.3 is 10.8 Å². The topological polar surface area (TPSA) is 49.1 Å². The highest BCUT2D eigenvalue weighted by molar-refractivity contribution is 4.64. The second kappa shape index (κ2) is 1.80. The summed E-state index contributed by atoms with van der Waals surface area (Å²) in [4.78, 5) is 0. The fourth-order valence-electron chi connectivity index (χ4n) is 0. The van der Waals surface area contributed by atoms with Crippen LogP contribution in [0, 0.1) is 5.41 Å². The average molecular weight is 102 g/mol. The molecule has 0 aliphatic heterocycles. The Labute approximate surface area is 44.3 Å². The third-order valence-corrected chi connectivity index (χ3v) is 0.854. The molecule has 0 amide bonds. The van der Waals surface area contributed by atoms with Gasteiger partial charge in [0.25, 0.3) is 0 Å². The number of rotatable bonds is 0. The van der Waals surface area contributed by atoms with Crippen LogP contribution in [-0.4, -0.2) is 6.23 Å². The van der Waals surface area contributed by atoms with Crippen molar-refractivity contribution in [3.63, 3.8) is 0 Å². The molecule has 0 heterocycles. The Morgan fingerprint density at radius 3 is 1.57 bits per heavy atom. The van der Waals surface area contributed by atoms with E-state index < -0.39 is 6.23 Å². The Morgan fingerprint density at radius 1 is 1.43 bits per heavy atom. The van der Waals surface area contributed by atoms with Crippen molar-refractivity contribution in [3.05, 3.63) is 0 Å². The molecule has 44 valence electrons. The Bertz CT molecular complexity index is 53.6. The Balaban J connectivity index is 3.54. The molecule has 2 nitrogen and oxygen atoms in total. The lowest BCUT2D eigenvalue weighted by atomic mass is 9.95. The molecule has 0 spiro atoms. The zero-order chi connectivity index (χ0) is 6.08. The standard InChI is InChI=1S/C5H12NO/c1-5(2,3)4(6)7/h4H,6H2,1-3H3/q-1. The molecule has 0 aromatic rings. The Kier molecular flexibility index (Phi) is 1.78. The number of hydrogen-bond donors (Lipinski definition) is 1. The average Bonchev–Trinajstić information content (AvgIpc) is 1.31. The molecule has 2 N–H and O–H groups in total. The molecule has 0 aromatic heterocycles. The van der Waals surface area contributed by atoms with Crippen LogP contribution in [0.5, 0.6) is 0 Å². The van der Waals surface area contributed by atoms with Crippen LogP contribution >= 0.6 is 0 Å². The fourth-order valence-corrected chi connectivity index (χ4v) is 0. The third-order valence-electron chi connectivity index (χ3n) is 0.854. The second-order valence-electron chi connectivity index (χ2n) is 2.79. The van der Waals surface area contributed by atoms with Gasteiger partial charge in [-0.25, -0.2) is 0 Å². The lowest BCUT2D eigenvalue weighted by molar-refractivity contribution is -0.441. The summed E-state index contributed by atoms with van der Waals surface area (Å²) in [6.07, 6.45) is -0.951. The first-order chi connectivity index (χ1) is 2.94. The van der Waals surface area contributed by atoms with Crippen molar-refractivity contribution in [1.82, 2.24) is 0 Å². The van der Waals surface area contributed by atoms with Gasteiger partial charge in [-0.05, 0) is 5.41 Å². The lowest BCUT2D eigenvalue weighted by Crippen LogP contribution is -2.46. The van der Waals surface area contributed by atoms with E-state index in [1.54, 1.807) is 0 Å². The lowest BCUT2D eigenvalue weighted by Gasteiger charge is -2.31. The van der Waals surface area contributed by atoms with Gasteiger partial charge >= 0.3 is 0 Å². The second-order valence-corrected chi connectivity index (χ2v) is 2.79. The molecule has 0 aliphatic carbocycles. The van der Waals surface area contributed by atoms with E-state index in [1.807, 2.05) is 20.8 Å². The maximum atomic E-state index is 10.3. The minimum absolute atomic E-state index is 0.278. The van der Waals surface area contributed by atoms with Crippen molar-refractivity contribution < 1.29 is 5.11 Å². The van der Waals surface area contributed by atoms with Crippen molar-refractivity contribution >= 4 is 0 Å². The summed E-state index contributed by atoms with van der Waals surface area (Å²) in [5.41, 5.74) is 4.74. The van der Waals surface area contributed by atoms with Crippen molar-refractivity contribution in [2.24, 2.45) is 11.1 Å². The van der Waals surface area contributed by atoms with Crippen molar-refractivity contribution in [2.75, 3.05) is 0 Å². The monoisotopic (exact) mass is 102 g/mol. The number of hydrogen-bond acceptors (Lipinski definition) is 2. The van der Waals surface area contributed by atoms with Crippen molar-refractivity contribution in [2.45, 2.75) is 27.0 Å². The summed E-state index contributed by atoms with van der Waals surface area (Å²) < 4.78 is 0. The van der Waals surface area contributed by atoms with Crippen molar-refractivity contribution in [1.29, 1.82) is 0 Å². The maximum absolute atomic E-state index is 10.3. The van der Waals surface area contributed by atoms with Crippen molar-refractivity contribution in [3.8, 4) is 0 Å². The van der Waals surface area contributed by atoms with E-state index >= 15 is 0 Å². The van der Waals surface area contributed by atoms with Gasteiger partial charge in [0, 0.05) is 0 Å². The first-order valence-electron chi connectivity index (χ1n) is 2.36. The SMILES string of the molecule is CC(C)(C)C(N)[O-]. The minimum atomic E-state index is -0.951. The normalized spacial score (nSPS) is 16.7. The Hall–Kier alpha value is -0.0800. The summed E-state index contributed by atoms with van der Waals surface area (Å²) in [6.45, 7) is 5.47. The highest BCUT2D eigenvalue weighted by Crippen LogP contribution is 2.12. The zero-order valence-corrected chi connectivity index (χ0v) is 5.06. The smallest absolute Gasteiger partial charge is 0.0384 e. The molecule has 0 saturated carbocycles. The summed E-state index contributed by atoms with van der Waals surface area (Å²) in [5, 5.41) is 10.3. The quantitative estimate of drug-likeness (QED) is 0.426. The molecular weight excluding hydrogens is 90.1 g/mol. The summed E-state index contributed by atoms with van der Waals surface area (Å²) >= 11 is 0. The molecule has 0 rings (SSSR count). The van der Waals surface area contributed by atoms with E-state index in [0.29, 0.717) is 0 Å². The molecule has 7 heavy (non-hydrogen) atoms. The van der Waals surface area contributed by atoms with Gasteiger partial charge in [-0.15, -0.1) is 0 Å². The highest BCUT2D eigenvalue weighted by Gasteiger charge is 2.08. The molecule has 0 bridgehead atoms. The first-order valence-corrected chi connectivity index (χ1v) is 2.36. The largest absolute Gasteiger partial charge is 0.841 e. The molecule has 1 unspecified atom stereocenters. The maximum Gasteiger partial charge on any atom is -0.0384 e. The summed E-state index contributed by atoms with van der Waals surface area (Å²) in [5.74, 6) is 0. The van der Waals surface area contributed by atoms with Crippen LogP contribution in [0.2, 0.25) is 0 Å². The fraction of sp³-hybridized carbons (Fsp3) is 1.00. The number of nitrogens with two attached hydrogens (primary N) is 1. The summed E-state index contributed by atoms with van der Waals surface area (Å²) in [6, 6.07) is 0. The summed E-state index contributed by atoms with van der Waals surface area (Å²) in [7, 11) is 0. The predicted molar refractivity (Wildman–Crippen MR) is 27.4 cm³/mol. The first kappa shape index (κ1) is 6.92. The van der Waals surface area contributed by atoms with E-state index in [4.69, 9.17) is 5.73 Å². The van der Waals surface area contributed by atoms with Crippen LogP contribution in [0.4, 0.5) is 0 Å². The Morgan fingerprint density at radius 2 is 1.57 bits per heavy atom. The zero-order valence-electron chi connectivity index (χ0n) is 5.06. The molecule has 0 saturated heterocycles. The van der Waals surface area contributed by atoms with Crippen LogP contribution in [0.15, 0.2) is 0 Å². The molecular formula is C5H12NO-. The van der Waals surface area contributed by atoms with Crippen LogP contribution in [-0.2, 0) is 0 Å². The van der Waals surface area contributed by atoms with E-state index in [0.717, 1.165) is 0 Å². The van der Waals surface area contributed by atoms with Crippen LogP contribution in [0.1, 0.15) is 20.8 Å². The molecule has 0 radical (unpaired) electrons. The van der Waals surface area contributed by atoms with Gasteiger partial charge in [0.05, 0.1) is 0 Å². The van der Waals surface area contributed by atoms with Gasteiger partial charge in [0.2, 0.25) is 0 Å².